The molecule has 1 aliphatic carbocycles. The molecule has 1 heterocycles. The van der Waals surface area contributed by atoms with Crippen LogP contribution in [0.4, 0.5) is 0 Å². The van der Waals surface area contributed by atoms with Gasteiger partial charge in [-0.15, -0.1) is 11.6 Å². The normalized spacial score (nSPS) is 24.8. The van der Waals surface area contributed by atoms with Gasteiger partial charge in [0.2, 0.25) is 0 Å². The Hall–Kier alpha value is -0.690. The molecular weight excluding hydrogens is 244 g/mol. The first-order chi connectivity index (χ1) is 8.83. The Morgan fingerprint density at radius 3 is 2.78 bits per heavy atom. The summed E-state index contributed by atoms with van der Waals surface area (Å²) in [5.41, 5.74) is 1.36. The number of alkyl halides is 1. The van der Waals surface area contributed by atoms with Gasteiger partial charge < -0.3 is 4.74 Å². The topological polar surface area (TPSA) is 9.23 Å². The summed E-state index contributed by atoms with van der Waals surface area (Å²) in [6.45, 7) is 0. The smallest absolute Gasteiger partial charge is 0.123 e. The third-order valence-corrected chi connectivity index (χ3v) is 4.96. The second-order valence-electron chi connectivity index (χ2n) is 5.69. The Bertz CT molecular complexity index is 373. The molecule has 0 amide bonds. The number of para-hydroxylation sites is 1. The monoisotopic (exact) mass is 264 g/mol. The highest BCUT2D eigenvalue weighted by Crippen LogP contribution is 2.35. The Labute approximate surface area is 114 Å². The maximum atomic E-state index is 6.52. The molecule has 98 valence electrons. The number of hydrogen-bond donors (Lipinski definition) is 0. The van der Waals surface area contributed by atoms with Crippen LogP contribution >= 0.6 is 11.6 Å². The number of hydrogen-bond acceptors (Lipinski definition) is 1. The lowest BCUT2D eigenvalue weighted by Crippen LogP contribution is -2.18. The van der Waals surface area contributed by atoms with Crippen LogP contribution in [0.3, 0.4) is 0 Å². The summed E-state index contributed by atoms with van der Waals surface area (Å²) in [5.74, 6) is 1.84. The van der Waals surface area contributed by atoms with E-state index in [0.29, 0.717) is 11.5 Å². The highest BCUT2D eigenvalue weighted by molar-refractivity contribution is 6.20. The lowest BCUT2D eigenvalue weighted by molar-refractivity contribution is 0.214. The summed E-state index contributed by atoms with van der Waals surface area (Å²) >= 11 is 6.52. The van der Waals surface area contributed by atoms with E-state index in [9.17, 15) is 0 Å². The summed E-state index contributed by atoms with van der Waals surface area (Å²) in [6, 6.07) is 8.38. The second kappa shape index (κ2) is 5.52. The number of rotatable bonds is 4. The molecule has 2 aliphatic rings. The summed E-state index contributed by atoms with van der Waals surface area (Å²) < 4.78 is 5.96. The standard InChI is InChI=1S/C16H21ClO/c17-15(12-5-1-2-6-12)10-9-14-11-13-7-3-4-8-16(13)18-14/h3-4,7-8,12,14-15H,1-2,5-6,9-11H2. The highest BCUT2D eigenvalue weighted by Gasteiger charge is 2.26. The Morgan fingerprint density at radius 1 is 1.22 bits per heavy atom. The van der Waals surface area contributed by atoms with Crippen molar-refractivity contribution in [2.24, 2.45) is 5.92 Å². The van der Waals surface area contributed by atoms with E-state index in [1.807, 2.05) is 6.07 Å². The summed E-state index contributed by atoms with van der Waals surface area (Å²) in [5, 5.41) is 0.361. The largest absolute Gasteiger partial charge is 0.490 e. The molecular formula is C16H21ClO. The quantitative estimate of drug-likeness (QED) is 0.724. The molecule has 1 aromatic rings. The van der Waals surface area contributed by atoms with E-state index in [1.165, 1.54) is 31.2 Å². The van der Waals surface area contributed by atoms with Crippen molar-refractivity contribution in [2.45, 2.75) is 56.4 Å². The van der Waals surface area contributed by atoms with Crippen molar-refractivity contribution >= 4 is 11.6 Å². The van der Waals surface area contributed by atoms with Gasteiger partial charge in [0.1, 0.15) is 11.9 Å². The van der Waals surface area contributed by atoms with Crippen LogP contribution in [-0.2, 0) is 6.42 Å². The Kier molecular flexibility index (Phi) is 3.79. The minimum absolute atomic E-state index is 0.352. The van der Waals surface area contributed by atoms with Gasteiger partial charge in [0.15, 0.2) is 0 Å². The molecule has 18 heavy (non-hydrogen) atoms. The summed E-state index contributed by atoms with van der Waals surface area (Å²) in [6.07, 6.45) is 9.03. The third-order valence-electron chi connectivity index (χ3n) is 4.39. The lowest BCUT2D eigenvalue weighted by atomic mass is 9.97. The van der Waals surface area contributed by atoms with Gasteiger partial charge in [-0.25, -0.2) is 0 Å². The van der Waals surface area contributed by atoms with Gasteiger partial charge >= 0.3 is 0 Å². The minimum atomic E-state index is 0.352. The minimum Gasteiger partial charge on any atom is -0.490 e. The molecule has 1 nitrogen and oxygen atoms in total. The second-order valence-corrected chi connectivity index (χ2v) is 6.25. The van der Waals surface area contributed by atoms with Crippen LogP contribution in [0.15, 0.2) is 24.3 Å². The summed E-state index contributed by atoms with van der Waals surface area (Å²) in [4.78, 5) is 0. The molecule has 0 N–H and O–H groups in total. The Balaban J connectivity index is 1.48. The first-order valence-corrected chi connectivity index (χ1v) is 7.65. The van der Waals surface area contributed by atoms with Gasteiger partial charge in [-0.3, -0.25) is 0 Å². The van der Waals surface area contributed by atoms with Crippen molar-refractivity contribution in [3.05, 3.63) is 29.8 Å². The van der Waals surface area contributed by atoms with Crippen LogP contribution in [-0.4, -0.2) is 11.5 Å². The van der Waals surface area contributed by atoms with E-state index < -0.39 is 0 Å². The van der Waals surface area contributed by atoms with Crippen molar-refractivity contribution in [1.29, 1.82) is 0 Å². The number of benzene rings is 1. The molecule has 3 rings (SSSR count). The van der Waals surface area contributed by atoms with Crippen LogP contribution in [0, 0.1) is 5.92 Å². The predicted molar refractivity (Wildman–Crippen MR) is 75.4 cm³/mol. The third kappa shape index (κ3) is 2.66. The SMILES string of the molecule is ClC(CCC1Cc2ccccc2O1)C1CCCC1. The molecule has 2 heteroatoms. The lowest BCUT2D eigenvalue weighted by Gasteiger charge is -2.18. The van der Waals surface area contributed by atoms with E-state index in [1.54, 1.807) is 0 Å². The van der Waals surface area contributed by atoms with Crippen molar-refractivity contribution < 1.29 is 4.74 Å². The van der Waals surface area contributed by atoms with E-state index in [0.717, 1.165) is 30.9 Å². The van der Waals surface area contributed by atoms with Crippen LogP contribution in [0.1, 0.15) is 44.1 Å². The predicted octanol–water partition coefficient (Wildman–Crippen LogP) is 4.57. The average molecular weight is 265 g/mol. The molecule has 0 radical (unpaired) electrons. The highest BCUT2D eigenvalue weighted by atomic mass is 35.5. The molecule has 1 saturated carbocycles. The fourth-order valence-electron chi connectivity index (χ4n) is 3.31. The summed E-state index contributed by atoms with van der Waals surface area (Å²) in [7, 11) is 0. The van der Waals surface area contributed by atoms with Gasteiger partial charge in [-0.1, -0.05) is 31.0 Å². The maximum Gasteiger partial charge on any atom is 0.123 e. The van der Waals surface area contributed by atoms with Crippen molar-refractivity contribution in [3.63, 3.8) is 0 Å². The van der Waals surface area contributed by atoms with Crippen LogP contribution in [0.5, 0.6) is 5.75 Å². The maximum absolute atomic E-state index is 6.52. The first-order valence-electron chi connectivity index (χ1n) is 7.21. The zero-order chi connectivity index (χ0) is 12.4. The Morgan fingerprint density at radius 2 is 2.00 bits per heavy atom. The molecule has 0 spiro atoms. The van der Waals surface area contributed by atoms with Crippen LogP contribution in [0.2, 0.25) is 0 Å². The van der Waals surface area contributed by atoms with Crippen molar-refractivity contribution in [2.75, 3.05) is 0 Å². The van der Waals surface area contributed by atoms with Crippen LogP contribution < -0.4 is 4.74 Å². The average Bonchev–Trinajstić information content (AvgIpc) is 3.04. The van der Waals surface area contributed by atoms with Gasteiger partial charge in [0, 0.05) is 11.8 Å². The van der Waals surface area contributed by atoms with Gasteiger partial charge in [-0.2, -0.15) is 0 Å². The number of fused-ring (bicyclic) bond motifs is 1. The van der Waals surface area contributed by atoms with Gasteiger partial charge in [0.25, 0.3) is 0 Å². The molecule has 0 aromatic heterocycles. The molecule has 0 saturated heterocycles. The molecule has 2 atom stereocenters. The molecule has 1 fully saturated rings. The number of ether oxygens (including phenoxy) is 1. The molecule has 1 aromatic carbocycles. The van der Waals surface area contributed by atoms with Gasteiger partial charge in [-0.05, 0) is 43.2 Å². The fourth-order valence-corrected chi connectivity index (χ4v) is 3.69. The molecule has 2 unspecified atom stereocenters. The number of halogens is 1. The fraction of sp³-hybridized carbons (Fsp3) is 0.625. The van der Waals surface area contributed by atoms with Crippen LogP contribution in [0.25, 0.3) is 0 Å². The first kappa shape index (κ1) is 12.3. The molecule has 1 aliphatic heterocycles. The van der Waals surface area contributed by atoms with E-state index in [-0.39, 0.29) is 0 Å². The molecule has 0 bridgehead atoms. The van der Waals surface area contributed by atoms with Gasteiger partial charge in [0.05, 0.1) is 0 Å². The zero-order valence-corrected chi connectivity index (χ0v) is 11.5. The zero-order valence-electron chi connectivity index (χ0n) is 10.8. The van der Waals surface area contributed by atoms with E-state index >= 15 is 0 Å². The van der Waals surface area contributed by atoms with Crippen molar-refractivity contribution in [1.82, 2.24) is 0 Å². The van der Waals surface area contributed by atoms with Crippen molar-refractivity contribution in [3.8, 4) is 5.75 Å². The van der Waals surface area contributed by atoms with E-state index in [2.05, 4.69) is 18.2 Å². The van der Waals surface area contributed by atoms with E-state index in [4.69, 9.17) is 16.3 Å².